The summed E-state index contributed by atoms with van der Waals surface area (Å²) in [6.07, 6.45) is 1.91. The second-order valence-electron chi connectivity index (χ2n) is 5.48. The van der Waals surface area contributed by atoms with Crippen LogP contribution in [-0.2, 0) is 14.3 Å². The Morgan fingerprint density at radius 3 is 2.65 bits per heavy atom. The monoisotopic (exact) mass is 254 g/mol. The number of ether oxygens (including phenoxy) is 2. The van der Waals surface area contributed by atoms with E-state index < -0.39 is 8.07 Å². The SMILES string of the molecule is C/C=C1\COC(=O)\C1=C(\C)OCC[Si](C)(C)C. The number of cyclic esters (lactones) is 1. The number of rotatable bonds is 4. The van der Waals surface area contributed by atoms with Gasteiger partial charge in [0.2, 0.25) is 0 Å². The molecule has 4 heteroatoms. The van der Waals surface area contributed by atoms with E-state index in [2.05, 4.69) is 19.6 Å². The van der Waals surface area contributed by atoms with E-state index in [0.717, 1.165) is 11.6 Å². The molecule has 1 heterocycles. The third-order valence-electron chi connectivity index (χ3n) is 2.76. The molecule has 0 atom stereocenters. The minimum atomic E-state index is -1.08. The van der Waals surface area contributed by atoms with E-state index in [-0.39, 0.29) is 5.97 Å². The van der Waals surface area contributed by atoms with E-state index in [0.29, 0.717) is 24.5 Å². The van der Waals surface area contributed by atoms with Gasteiger partial charge in [-0.2, -0.15) is 0 Å². The molecular formula is C13H22O3Si. The number of carbonyl (C=O) groups is 1. The van der Waals surface area contributed by atoms with Gasteiger partial charge in [0.1, 0.15) is 17.9 Å². The van der Waals surface area contributed by atoms with Gasteiger partial charge in [-0.25, -0.2) is 4.79 Å². The first-order chi connectivity index (χ1) is 7.85. The molecule has 3 nitrogen and oxygen atoms in total. The van der Waals surface area contributed by atoms with E-state index in [1.807, 2.05) is 19.9 Å². The first-order valence-corrected chi connectivity index (χ1v) is 9.72. The normalized spacial score (nSPS) is 21.7. The zero-order valence-electron chi connectivity index (χ0n) is 11.4. The van der Waals surface area contributed by atoms with Crippen molar-refractivity contribution in [3.8, 4) is 0 Å². The Morgan fingerprint density at radius 1 is 1.47 bits per heavy atom. The zero-order chi connectivity index (χ0) is 13.1. The lowest BCUT2D eigenvalue weighted by Crippen LogP contribution is -2.21. The molecule has 1 aliphatic rings. The Hall–Kier alpha value is -1.03. The summed E-state index contributed by atoms with van der Waals surface area (Å²) in [4.78, 5) is 11.6. The number of carbonyl (C=O) groups excluding carboxylic acids is 1. The summed E-state index contributed by atoms with van der Waals surface area (Å²) in [5.41, 5.74) is 1.54. The lowest BCUT2D eigenvalue weighted by Gasteiger charge is -2.16. The predicted octanol–water partition coefficient (Wildman–Crippen LogP) is 3.12. The van der Waals surface area contributed by atoms with Crippen LogP contribution < -0.4 is 0 Å². The van der Waals surface area contributed by atoms with Crippen molar-refractivity contribution >= 4 is 14.0 Å². The molecule has 0 aromatic heterocycles. The number of hydrogen-bond donors (Lipinski definition) is 0. The first-order valence-electron chi connectivity index (χ1n) is 6.01. The number of esters is 1. The topological polar surface area (TPSA) is 35.5 Å². The van der Waals surface area contributed by atoms with Crippen molar-refractivity contribution < 1.29 is 14.3 Å². The van der Waals surface area contributed by atoms with E-state index in [1.165, 1.54) is 0 Å². The van der Waals surface area contributed by atoms with Crippen molar-refractivity contribution in [2.24, 2.45) is 0 Å². The van der Waals surface area contributed by atoms with Gasteiger partial charge >= 0.3 is 5.97 Å². The molecule has 0 saturated carbocycles. The second-order valence-corrected chi connectivity index (χ2v) is 11.1. The fraction of sp³-hybridized carbons (Fsp3) is 0.615. The van der Waals surface area contributed by atoms with E-state index in [9.17, 15) is 4.79 Å². The fourth-order valence-electron chi connectivity index (χ4n) is 1.60. The molecule has 0 bridgehead atoms. The van der Waals surface area contributed by atoms with Crippen LogP contribution in [0.2, 0.25) is 25.7 Å². The van der Waals surface area contributed by atoms with E-state index in [1.54, 1.807) is 0 Å². The Bertz CT molecular complexity index is 361. The van der Waals surface area contributed by atoms with Crippen LogP contribution in [0.5, 0.6) is 0 Å². The molecule has 0 N–H and O–H groups in total. The minimum Gasteiger partial charge on any atom is -0.498 e. The van der Waals surface area contributed by atoms with Crippen LogP contribution >= 0.6 is 0 Å². The predicted molar refractivity (Wildman–Crippen MR) is 71.5 cm³/mol. The van der Waals surface area contributed by atoms with Gasteiger partial charge in [0.05, 0.1) is 6.61 Å². The average molecular weight is 254 g/mol. The third-order valence-corrected chi connectivity index (χ3v) is 4.46. The first kappa shape index (κ1) is 14.0. The lowest BCUT2D eigenvalue weighted by atomic mass is 10.1. The van der Waals surface area contributed by atoms with Gasteiger partial charge in [-0.05, 0) is 19.9 Å². The van der Waals surface area contributed by atoms with Crippen LogP contribution in [0.3, 0.4) is 0 Å². The third kappa shape index (κ3) is 4.04. The van der Waals surface area contributed by atoms with Gasteiger partial charge in [0.15, 0.2) is 0 Å². The summed E-state index contributed by atoms with van der Waals surface area (Å²) in [7, 11) is -1.08. The smallest absolute Gasteiger partial charge is 0.342 e. The fourth-order valence-corrected chi connectivity index (χ4v) is 2.31. The van der Waals surface area contributed by atoms with E-state index in [4.69, 9.17) is 9.47 Å². The van der Waals surface area contributed by atoms with Gasteiger partial charge in [-0.15, -0.1) is 0 Å². The van der Waals surface area contributed by atoms with Crippen LogP contribution in [0.1, 0.15) is 13.8 Å². The van der Waals surface area contributed by atoms with Crippen LogP contribution in [-0.4, -0.2) is 27.3 Å². The molecule has 0 aromatic carbocycles. The highest BCUT2D eigenvalue weighted by Crippen LogP contribution is 2.24. The van der Waals surface area contributed by atoms with Gasteiger partial charge in [0.25, 0.3) is 0 Å². The molecule has 1 fully saturated rings. The maximum atomic E-state index is 11.6. The minimum absolute atomic E-state index is 0.261. The number of allylic oxidation sites excluding steroid dienone is 2. The van der Waals surface area contributed by atoms with Crippen molar-refractivity contribution in [2.45, 2.75) is 39.5 Å². The van der Waals surface area contributed by atoms with Crippen LogP contribution in [0.25, 0.3) is 0 Å². The highest BCUT2D eigenvalue weighted by atomic mass is 28.3. The van der Waals surface area contributed by atoms with E-state index >= 15 is 0 Å². The van der Waals surface area contributed by atoms with Gasteiger partial charge in [0, 0.05) is 13.6 Å². The Balaban J connectivity index is 2.67. The van der Waals surface area contributed by atoms with Crippen molar-refractivity contribution in [3.05, 3.63) is 23.0 Å². The molecule has 0 unspecified atom stereocenters. The molecule has 0 aliphatic carbocycles. The zero-order valence-corrected chi connectivity index (χ0v) is 12.4. The highest BCUT2D eigenvalue weighted by Gasteiger charge is 2.27. The maximum Gasteiger partial charge on any atom is 0.342 e. The lowest BCUT2D eigenvalue weighted by molar-refractivity contribution is -0.135. The molecule has 1 saturated heterocycles. The average Bonchev–Trinajstić information content (AvgIpc) is 2.57. The molecule has 96 valence electrons. The molecule has 0 amide bonds. The van der Waals surface area contributed by atoms with Gasteiger partial charge < -0.3 is 9.47 Å². The molecular weight excluding hydrogens is 232 g/mol. The standard InChI is InChI=1S/C13H22O3Si/c1-6-11-9-16-13(14)12(11)10(2)15-7-8-17(3,4)5/h6H,7-9H2,1-5H3/b11-6+,12-10-. The van der Waals surface area contributed by atoms with Crippen LogP contribution in [0.15, 0.2) is 23.0 Å². The Morgan fingerprint density at radius 2 is 2.12 bits per heavy atom. The Labute approximate surface area is 105 Å². The summed E-state index contributed by atoms with van der Waals surface area (Å²) < 4.78 is 10.7. The van der Waals surface area contributed by atoms with Gasteiger partial charge in [-0.1, -0.05) is 25.7 Å². The molecule has 17 heavy (non-hydrogen) atoms. The Kier molecular flexibility index (Phi) is 4.57. The largest absolute Gasteiger partial charge is 0.498 e. The molecule has 1 rings (SSSR count). The summed E-state index contributed by atoms with van der Waals surface area (Å²) in [5, 5.41) is 0. The molecule has 0 radical (unpaired) electrons. The van der Waals surface area contributed by atoms with Crippen molar-refractivity contribution in [2.75, 3.05) is 13.2 Å². The summed E-state index contributed by atoms with van der Waals surface area (Å²) in [6, 6.07) is 1.10. The molecule has 0 spiro atoms. The van der Waals surface area contributed by atoms with Crippen molar-refractivity contribution in [3.63, 3.8) is 0 Å². The summed E-state index contributed by atoms with van der Waals surface area (Å²) in [6.45, 7) is 11.7. The van der Waals surface area contributed by atoms with Crippen LogP contribution in [0.4, 0.5) is 0 Å². The summed E-state index contributed by atoms with van der Waals surface area (Å²) in [5.74, 6) is 0.433. The maximum absolute atomic E-state index is 11.6. The van der Waals surface area contributed by atoms with Gasteiger partial charge in [-0.3, -0.25) is 0 Å². The number of hydrogen-bond acceptors (Lipinski definition) is 3. The molecule has 1 aliphatic heterocycles. The quantitative estimate of drug-likeness (QED) is 0.335. The van der Waals surface area contributed by atoms with Crippen molar-refractivity contribution in [1.29, 1.82) is 0 Å². The summed E-state index contributed by atoms with van der Waals surface area (Å²) >= 11 is 0. The second kappa shape index (κ2) is 5.54. The highest BCUT2D eigenvalue weighted by molar-refractivity contribution is 6.76. The van der Waals surface area contributed by atoms with Crippen LogP contribution in [0, 0.1) is 0 Å². The molecule has 0 aromatic rings. The van der Waals surface area contributed by atoms with Crippen molar-refractivity contribution in [1.82, 2.24) is 0 Å².